The maximum absolute atomic E-state index is 13.0. The maximum Gasteiger partial charge on any atom is 0.263 e. The first-order valence-corrected chi connectivity index (χ1v) is 8.26. The Hall–Kier alpha value is -0.820. The molecule has 0 unspecified atom stereocenters. The van der Waals surface area contributed by atoms with E-state index in [2.05, 4.69) is 20.7 Å². The van der Waals surface area contributed by atoms with Crippen molar-refractivity contribution in [2.45, 2.75) is 4.90 Å². The molecule has 0 amide bonds. The summed E-state index contributed by atoms with van der Waals surface area (Å²) in [5.41, 5.74) is 0.0760. The Morgan fingerprint density at radius 1 is 1.10 bits per heavy atom. The molecule has 0 atom stereocenters. The number of para-hydroxylation sites is 1. The molecule has 0 bridgehead atoms. The fourth-order valence-electron chi connectivity index (χ4n) is 1.48. The maximum atomic E-state index is 13.0. The van der Waals surface area contributed by atoms with Crippen LogP contribution < -0.4 is 4.72 Å². The Bertz CT molecular complexity index is 748. The van der Waals surface area contributed by atoms with Crippen molar-refractivity contribution < 1.29 is 12.8 Å². The van der Waals surface area contributed by atoms with E-state index < -0.39 is 15.8 Å². The third-order valence-corrected chi connectivity index (χ3v) is 5.34. The molecule has 106 valence electrons. The van der Waals surface area contributed by atoms with Gasteiger partial charge in [0.2, 0.25) is 0 Å². The Kier molecular flexibility index (Phi) is 4.59. The Morgan fingerprint density at radius 2 is 1.70 bits per heavy atom. The van der Waals surface area contributed by atoms with Gasteiger partial charge in [0.05, 0.1) is 15.7 Å². The molecular weight excluding hydrogens is 392 g/mol. The predicted octanol–water partition coefficient (Wildman–Crippen LogP) is 4.70. The van der Waals surface area contributed by atoms with Gasteiger partial charge < -0.3 is 0 Å². The van der Waals surface area contributed by atoms with Crippen LogP contribution in [0.4, 0.5) is 10.1 Å². The van der Waals surface area contributed by atoms with Crippen molar-refractivity contribution in [2.75, 3.05) is 4.72 Å². The van der Waals surface area contributed by atoms with Crippen molar-refractivity contribution in [1.29, 1.82) is 0 Å². The molecule has 2 aromatic rings. The van der Waals surface area contributed by atoms with Crippen LogP contribution in [0, 0.1) is 5.82 Å². The summed E-state index contributed by atoms with van der Waals surface area (Å²) in [5, 5.41) is 0.332. The average molecular weight is 399 g/mol. The van der Waals surface area contributed by atoms with Crippen LogP contribution in [0.3, 0.4) is 0 Å². The zero-order chi connectivity index (χ0) is 14.9. The zero-order valence-corrected chi connectivity index (χ0v) is 13.6. The lowest BCUT2D eigenvalue weighted by atomic mass is 10.3. The minimum absolute atomic E-state index is 0.0760. The van der Waals surface area contributed by atoms with E-state index >= 15 is 0 Å². The van der Waals surface area contributed by atoms with Crippen molar-refractivity contribution in [3.63, 3.8) is 0 Å². The molecule has 0 radical (unpaired) electrons. The van der Waals surface area contributed by atoms with Crippen LogP contribution in [0.2, 0.25) is 10.0 Å². The van der Waals surface area contributed by atoms with Crippen LogP contribution in [0.1, 0.15) is 0 Å². The molecule has 0 spiro atoms. The Labute approximate surface area is 133 Å². The van der Waals surface area contributed by atoms with E-state index in [0.29, 0.717) is 0 Å². The zero-order valence-electron chi connectivity index (χ0n) is 9.70. The molecule has 0 aromatic heterocycles. The molecule has 0 aliphatic rings. The predicted molar refractivity (Wildman–Crippen MR) is 81.4 cm³/mol. The van der Waals surface area contributed by atoms with Gasteiger partial charge in [-0.15, -0.1) is 0 Å². The SMILES string of the molecule is O=S(=O)(Nc1c(Cl)cccc1Cl)c1ccc(F)cc1Br. The van der Waals surface area contributed by atoms with E-state index in [9.17, 15) is 12.8 Å². The van der Waals surface area contributed by atoms with Gasteiger partial charge >= 0.3 is 0 Å². The Balaban J connectivity index is 2.46. The number of benzene rings is 2. The van der Waals surface area contributed by atoms with E-state index in [1.165, 1.54) is 12.1 Å². The minimum atomic E-state index is -3.94. The largest absolute Gasteiger partial charge is 0.277 e. The lowest BCUT2D eigenvalue weighted by Crippen LogP contribution is -2.14. The first-order chi connectivity index (χ1) is 9.31. The number of halogens is 4. The van der Waals surface area contributed by atoms with E-state index in [1.54, 1.807) is 6.07 Å². The number of nitrogens with one attached hydrogen (secondary N) is 1. The second-order valence-corrected chi connectivity index (χ2v) is 7.10. The van der Waals surface area contributed by atoms with Crippen molar-refractivity contribution in [3.05, 3.63) is 56.7 Å². The van der Waals surface area contributed by atoms with Crippen LogP contribution in [0.15, 0.2) is 45.8 Å². The Morgan fingerprint density at radius 3 is 2.25 bits per heavy atom. The van der Waals surface area contributed by atoms with E-state index in [-0.39, 0.29) is 25.1 Å². The summed E-state index contributed by atoms with van der Waals surface area (Å²) in [6.07, 6.45) is 0. The first kappa shape index (κ1) is 15.6. The quantitative estimate of drug-likeness (QED) is 0.814. The molecule has 2 aromatic carbocycles. The summed E-state index contributed by atoms with van der Waals surface area (Å²) >= 11 is 14.8. The molecule has 0 aliphatic heterocycles. The van der Waals surface area contributed by atoms with Crippen molar-refractivity contribution in [2.24, 2.45) is 0 Å². The van der Waals surface area contributed by atoms with Gasteiger partial charge in [0.25, 0.3) is 10.0 Å². The molecule has 0 saturated carbocycles. The highest BCUT2D eigenvalue weighted by molar-refractivity contribution is 9.10. The van der Waals surface area contributed by atoms with Gasteiger partial charge in [-0.05, 0) is 46.3 Å². The second kappa shape index (κ2) is 5.89. The first-order valence-electron chi connectivity index (χ1n) is 5.23. The normalized spacial score (nSPS) is 11.4. The topological polar surface area (TPSA) is 46.2 Å². The van der Waals surface area contributed by atoms with Gasteiger partial charge in [-0.3, -0.25) is 4.72 Å². The number of rotatable bonds is 3. The van der Waals surface area contributed by atoms with Gasteiger partial charge in [-0.2, -0.15) is 0 Å². The summed E-state index contributed by atoms with van der Waals surface area (Å²) in [5.74, 6) is -0.549. The minimum Gasteiger partial charge on any atom is -0.277 e. The smallest absolute Gasteiger partial charge is 0.263 e. The highest BCUT2D eigenvalue weighted by Gasteiger charge is 2.20. The molecule has 20 heavy (non-hydrogen) atoms. The summed E-state index contributed by atoms with van der Waals surface area (Å²) < 4.78 is 39.9. The van der Waals surface area contributed by atoms with Crippen molar-refractivity contribution >= 4 is 54.8 Å². The average Bonchev–Trinajstić information content (AvgIpc) is 2.33. The highest BCUT2D eigenvalue weighted by Crippen LogP contribution is 2.33. The summed E-state index contributed by atoms with van der Waals surface area (Å²) in [7, 11) is -3.94. The van der Waals surface area contributed by atoms with Crippen LogP contribution in [-0.4, -0.2) is 8.42 Å². The lowest BCUT2D eigenvalue weighted by Gasteiger charge is -2.12. The monoisotopic (exact) mass is 397 g/mol. The molecule has 8 heteroatoms. The van der Waals surface area contributed by atoms with Crippen LogP contribution in [0.25, 0.3) is 0 Å². The van der Waals surface area contributed by atoms with Gasteiger partial charge in [0.15, 0.2) is 0 Å². The summed E-state index contributed by atoms with van der Waals surface area (Å²) in [6.45, 7) is 0. The van der Waals surface area contributed by atoms with Crippen LogP contribution in [0.5, 0.6) is 0 Å². The van der Waals surface area contributed by atoms with Crippen molar-refractivity contribution in [3.8, 4) is 0 Å². The van der Waals surface area contributed by atoms with Crippen molar-refractivity contribution in [1.82, 2.24) is 0 Å². The van der Waals surface area contributed by atoms with E-state index in [4.69, 9.17) is 23.2 Å². The molecule has 3 nitrogen and oxygen atoms in total. The number of sulfonamides is 1. The van der Waals surface area contributed by atoms with E-state index in [0.717, 1.165) is 18.2 Å². The molecule has 0 aliphatic carbocycles. The van der Waals surface area contributed by atoms with Crippen LogP contribution >= 0.6 is 39.1 Å². The highest BCUT2D eigenvalue weighted by atomic mass is 79.9. The molecule has 2 rings (SSSR count). The molecule has 0 fully saturated rings. The van der Waals surface area contributed by atoms with Gasteiger partial charge in [-0.25, -0.2) is 12.8 Å². The number of hydrogen-bond donors (Lipinski definition) is 1. The number of hydrogen-bond acceptors (Lipinski definition) is 2. The third-order valence-electron chi connectivity index (χ3n) is 2.38. The molecule has 1 N–H and O–H groups in total. The van der Waals surface area contributed by atoms with Gasteiger partial charge in [0, 0.05) is 4.47 Å². The standard InChI is InChI=1S/C12H7BrCl2FNO2S/c13-8-6-7(16)4-5-11(8)20(18,19)17-12-9(14)2-1-3-10(12)15/h1-6,17H. The second-order valence-electron chi connectivity index (χ2n) is 3.78. The summed E-state index contributed by atoms with van der Waals surface area (Å²) in [4.78, 5) is -0.116. The lowest BCUT2D eigenvalue weighted by molar-refractivity contribution is 0.599. The van der Waals surface area contributed by atoms with Gasteiger partial charge in [0.1, 0.15) is 10.7 Å². The third kappa shape index (κ3) is 3.25. The summed E-state index contributed by atoms with van der Waals surface area (Å²) in [6, 6.07) is 7.86. The number of anilines is 1. The molecule has 0 saturated heterocycles. The van der Waals surface area contributed by atoms with Gasteiger partial charge in [-0.1, -0.05) is 29.3 Å². The fourth-order valence-corrected chi connectivity index (χ4v) is 4.23. The molecule has 0 heterocycles. The van der Waals surface area contributed by atoms with Crippen LogP contribution in [-0.2, 0) is 10.0 Å². The fraction of sp³-hybridized carbons (Fsp3) is 0. The van der Waals surface area contributed by atoms with E-state index in [1.807, 2.05) is 0 Å². The molecular formula is C12H7BrCl2FNO2S.